The molecule has 0 spiro atoms. The van der Waals surface area contributed by atoms with Crippen molar-refractivity contribution in [3.8, 4) is 0 Å². The summed E-state index contributed by atoms with van der Waals surface area (Å²) >= 11 is 11.6. The molecule has 0 saturated carbocycles. The quantitative estimate of drug-likeness (QED) is 0.828. The van der Waals surface area contributed by atoms with Gasteiger partial charge < -0.3 is 5.11 Å². The molecule has 0 amide bonds. The number of ketones is 1. The average Bonchev–Trinajstić information content (AvgIpc) is 2.21. The molecule has 1 rings (SSSR count). The van der Waals surface area contributed by atoms with Crippen LogP contribution >= 0.6 is 23.2 Å². The lowest BCUT2D eigenvalue weighted by molar-refractivity contribution is 0.0729. The third kappa shape index (κ3) is 3.20. The molecule has 0 aliphatic carbocycles. The van der Waals surface area contributed by atoms with E-state index in [-0.39, 0.29) is 11.3 Å². The Kier molecular flexibility index (Phi) is 4.58. The molecule has 4 heteroatoms. The lowest BCUT2D eigenvalue weighted by Gasteiger charge is -2.09. The Morgan fingerprint density at radius 3 is 2.73 bits per heavy atom. The first-order valence-corrected chi connectivity index (χ1v) is 5.49. The summed E-state index contributed by atoms with van der Waals surface area (Å²) < 4.78 is 0. The second kappa shape index (κ2) is 5.50. The van der Waals surface area contributed by atoms with Crippen molar-refractivity contribution in [2.24, 2.45) is 0 Å². The summed E-state index contributed by atoms with van der Waals surface area (Å²) in [7, 11) is 0. The summed E-state index contributed by atoms with van der Waals surface area (Å²) in [5.41, 5.74) is 0.283. The van der Waals surface area contributed by atoms with Gasteiger partial charge in [-0.2, -0.15) is 0 Å². The number of hydrogen-bond acceptors (Lipinski definition) is 2. The Labute approximate surface area is 98.8 Å². The van der Waals surface area contributed by atoms with Crippen LogP contribution in [-0.4, -0.2) is 17.0 Å². The fraction of sp³-hybridized carbons (Fsp3) is 0.364. The molecule has 82 valence electrons. The predicted molar refractivity (Wildman–Crippen MR) is 61.7 cm³/mol. The van der Waals surface area contributed by atoms with Crippen LogP contribution in [0.15, 0.2) is 18.2 Å². The van der Waals surface area contributed by atoms with Crippen LogP contribution in [0.25, 0.3) is 0 Å². The van der Waals surface area contributed by atoms with Crippen LogP contribution in [0.5, 0.6) is 0 Å². The Balaban J connectivity index is 2.95. The predicted octanol–water partition coefficient (Wildman–Crippen LogP) is 3.34. The van der Waals surface area contributed by atoms with Gasteiger partial charge in [-0.15, -0.1) is 0 Å². The first kappa shape index (κ1) is 12.5. The van der Waals surface area contributed by atoms with Crippen LogP contribution in [0.2, 0.25) is 10.0 Å². The van der Waals surface area contributed by atoms with Crippen molar-refractivity contribution in [2.45, 2.75) is 25.9 Å². The molecule has 1 N–H and O–H groups in total. The molecule has 0 saturated heterocycles. The van der Waals surface area contributed by atoms with Gasteiger partial charge in [0.05, 0.1) is 5.02 Å². The van der Waals surface area contributed by atoms with Gasteiger partial charge >= 0.3 is 0 Å². The van der Waals surface area contributed by atoms with Gasteiger partial charge in [0.2, 0.25) is 0 Å². The minimum atomic E-state index is -0.994. The molecule has 1 aromatic rings. The molecule has 0 heterocycles. The Hall–Kier alpha value is -0.570. The number of carbonyl (C=O) groups excluding carboxylic acids is 1. The lowest BCUT2D eigenvalue weighted by Crippen LogP contribution is -2.20. The van der Waals surface area contributed by atoms with E-state index in [4.69, 9.17) is 23.2 Å². The van der Waals surface area contributed by atoms with Gasteiger partial charge in [0.15, 0.2) is 5.78 Å². The third-order valence-corrected chi connectivity index (χ3v) is 2.62. The highest BCUT2D eigenvalue weighted by atomic mass is 35.5. The monoisotopic (exact) mass is 246 g/mol. The molecular weight excluding hydrogens is 235 g/mol. The van der Waals surface area contributed by atoms with Gasteiger partial charge in [0.1, 0.15) is 6.10 Å². The summed E-state index contributed by atoms with van der Waals surface area (Å²) in [6.07, 6.45) is 0.179. The number of Topliss-reactive ketones (excluding diaryl/α,β-unsaturated/α-hetero) is 1. The summed E-state index contributed by atoms with van der Waals surface area (Å²) in [6, 6.07) is 4.63. The molecule has 1 atom stereocenters. The fourth-order valence-electron chi connectivity index (χ4n) is 1.27. The Morgan fingerprint density at radius 2 is 2.13 bits per heavy atom. The Bertz CT molecular complexity index is 364. The van der Waals surface area contributed by atoms with Crippen LogP contribution in [0.1, 0.15) is 30.1 Å². The molecule has 0 aliphatic heterocycles. The molecule has 1 aromatic carbocycles. The van der Waals surface area contributed by atoms with Crippen molar-refractivity contribution in [2.75, 3.05) is 0 Å². The highest BCUT2D eigenvalue weighted by Gasteiger charge is 2.18. The second-order valence-electron chi connectivity index (χ2n) is 3.29. The minimum absolute atomic E-state index is 0.283. The van der Waals surface area contributed by atoms with E-state index in [1.165, 1.54) is 6.07 Å². The van der Waals surface area contributed by atoms with E-state index in [1.54, 1.807) is 12.1 Å². The van der Waals surface area contributed by atoms with E-state index in [2.05, 4.69) is 0 Å². The van der Waals surface area contributed by atoms with Crippen LogP contribution in [0.3, 0.4) is 0 Å². The van der Waals surface area contributed by atoms with Gasteiger partial charge in [-0.25, -0.2) is 0 Å². The van der Waals surface area contributed by atoms with Gasteiger partial charge in [0.25, 0.3) is 0 Å². The van der Waals surface area contributed by atoms with Gasteiger partial charge in [-0.05, 0) is 24.6 Å². The second-order valence-corrected chi connectivity index (χ2v) is 4.14. The fourth-order valence-corrected chi connectivity index (χ4v) is 1.65. The van der Waals surface area contributed by atoms with E-state index in [0.29, 0.717) is 16.5 Å². The minimum Gasteiger partial charge on any atom is -0.385 e. The van der Waals surface area contributed by atoms with Crippen LogP contribution < -0.4 is 0 Å². The molecule has 0 aromatic heterocycles. The van der Waals surface area contributed by atoms with E-state index in [9.17, 15) is 9.90 Å². The van der Waals surface area contributed by atoms with Crippen molar-refractivity contribution < 1.29 is 9.90 Å². The average molecular weight is 247 g/mol. The zero-order valence-corrected chi connectivity index (χ0v) is 9.85. The highest BCUT2D eigenvalue weighted by Crippen LogP contribution is 2.22. The van der Waals surface area contributed by atoms with Gasteiger partial charge in [-0.3, -0.25) is 4.79 Å². The largest absolute Gasteiger partial charge is 0.385 e. The molecule has 0 aliphatic rings. The Morgan fingerprint density at radius 1 is 1.47 bits per heavy atom. The maximum atomic E-state index is 11.7. The number of hydrogen-bond donors (Lipinski definition) is 1. The van der Waals surface area contributed by atoms with Crippen LogP contribution in [0, 0.1) is 0 Å². The number of halogens is 2. The van der Waals surface area contributed by atoms with Gasteiger partial charge in [0, 0.05) is 10.6 Å². The van der Waals surface area contributed by atoms with E-state index < -0.39 is 6.10 Å². The molecule has 15 heavy (non-hydrogen) atoms. The number of carbonyl (C=O) groups is 1. The maximum absolute atomic E-state index is 11.7. The number of aliphatic hydroxyl groups excluding tert-OH is 1. The summed E-state index contributed by atoms with van der Waals surface area (Å²) in [4.78, 5) is 11.7. The summed E-state index contributed by atoms with van der Waals surface area (Å²) in [6.45, 7) is 1.90. The first-order valence-electron chi connectivity index (χ1n) is 4.73. The smallest absolute Gasteiger partial charge is 0.192 e. The van der Waals surface area contributed by atoms with Crippen molar-refractivity contribution in [3.63, 3.8) is 0 Å². The summed E-state index contributed by atoms with van der Waals surface area (Å²) in [5.74, 6) is -0.371. The number of rotatable bonds is 4. The highest BCUT2D eigenvalue weighted by molar-refractivity contribution is 6.36. The zero-order valence-electron chi connectivity index (χ0n) is 8.34. The van der Waals surface area contributed by atoms with Gasteiger partial charge in [-0.1, -0.05) is 36.5 Å². The lowest BCUT2D eigenvalue weighted by atomic mass is 10.0. The first-order chi connectivity index (χ1) is 7.06. The number of benzene rings is 1. The van der Waals surface area contributed by atoms with Crippen molar-refractivity contribution >= 4 is 29.0 Å². The standard InChI is InChI=1S/C11H12Cl2O2/c1-2-3-10(14)11(15)8-6-7(12)4-5-9(8)13/h4-6,10,14H,2-3H2,1H3. The van der Waals surface area contributed by atoms with E-state index >= 15 is 0 Å². The zero-order chi connectivity index (χ0) is 11.4. The van der Waals surface area contributed by atoms with Crippen molar-refractivity contribution in [3.05, 3.63) is 33.8 Å². The van der Waals surface area contributed by atoms with Crippen LogP contribution in [-0.2, 0) is 0 Å². The van der Waals surface area contributed by atoms with E-state index in [0.717, 1.165) is 6.42 Å². The molecule has 0 radical (unpaired) electrons. The van der Waals surface area contributed by atoms with Crippen molar-refractivity contribution in [1.82, 2.24) is 0 Å². The summed E-state index contributed by atoms with van der Waals surface area (Å²) in [5, 5.41) is 10.3. The molecule has 1 unspecified atom stereocenters. The number of aliphatic hydroxyl groups is 1. The normalized spacial score (nSPS) is 12.5. The topological polar surface area (TPSA) is 37.3 Å². The maximum Gasteiger partial charge on any atom is 0.192 e. The third-order valence-electron chi connectivity index (χ3n) is 2.06. The molecular formula is C11H12Cl2O2. The van der Waals surface area contributed by atoms with Crippen LogP contribution in [0.4, 0.5) is 0 Å². The van der Waals surface area contributed by atoms with Crippen molar-refractivity contribution in [1.29, 1.82) is 0 Å². The SMILES string of the molecule is CCCC(O)C(=O)c1cc(Cl)ccc1Cl. The molecule has 2 nitrogen and oxygen atoms in total. The molecule has 0 fully saturated rings. The molecule has 0 bridgehead atoms. The van der Waals surface area contributed by atoms with E-state index in [1.807, 2.05) is 6.92 Å².